The van der Waals surface area contributed by atoms with Crippen LogP contribution in [0.15, 0.2) is 103 Å². The zero-order valence-corrected chi connectivity index (χ0v) is 46.3. The Bertz CT molecular complexity index is 3770. The lowest BCUT2D eigenvalue weighted by atomic mass is 9.83. The van der Waals surface area contributed by atoms with Crippen molar-refractivity contribution >= 4 is 66.1 Å². The van der Waals surface area contributed by atoms with E-state index in [2.05, 4.69) is 37.9 Å². The van der Waals surface area contributed by atoms with Crippen LogP contribution in [-0.2, 0) is 31.6 Å². The highest BCUT2D eigenvalue weighted by Crippen LogP contribution is 2.47. The summed E-state index contributed by atoms with van der Waals surface area (Å²) in [5, 5.41) is 14.5. The molecule has 0 saturated carbocycles. The number of nitrogens with one attached hydrogen (secondary N) is 2. The number of quaternary nitrogens is 1. The predicted octanol–water partition coefficient (Wildman–Crippen LogP) is 4.73. The van der Waals surface area contributed by atoms with Crippen LogP contribution in [0.1, 0.15) is 115 Å². The van der Waals surface area contributed by atoms with Crippen molar-refractivity contribution in [3.63, 3.8) is 0 Å². The van der Waals surface area contributed by atoms with E-state index in [9.17, 15) is 45.4 Å². The van der Waals surface area contributed by atoms with Crippen molar-refractivity contribution in [2.24, 2.45) is 0 Å². The van der Waals surface area contributed by atoms with Crippen LogP contribution in [0.2, 0.25) is 0 Å². The van der Waals surface area contributed by atoms with Gasteiger partial charge < -0.3 is 39.0 Å². The lowest BCUT2D eigenvalue weighted by Crippen LogP contribution is -3.11. The third-order valence-electron chi connectivity index (χ3n) is 14.9. The van der Waals surface area contributed by atoms with E-state index in [1.807, 2.05) is 99.8 Å². The number of anilines is 2. The summed E-state index contributed by atoms with van der Waals surface area (Å²) < 4.78 is 82.5. The van der Waals surface area contributed by atoms with Gasteiger partial charge >= 0.3 is 5.97 Å². The van der Waals surface area contributed by atoms with Crippen molar-refractivity contribution in [3.05, 3.63) is 164 Å². The lowest BCUT2D eigenvalue weighted by Gasteiger charge is -2.42. The number of ether oxygens (including phenoxy) is 1. The van der Waals surface area contributed by atoms with Gasteiger partial charge in [0.2, 0.25) is 11.3 Å². The molecule has 402 valence electrons. The van der Waals surface area contributed by atoms with Crippen LogP contribution in [0.25, 0.3) is 16.7 Å². The number of carboxylic acid groups (broad SMARTS) is 1. The molecule has 0 radical (unpaired) electrons. The molecule has 4 aliphatic heterocycles. The molecule has 18 heteroatoms. The van der Waals surface area contributed by atoms with E-state index in [0.29, 0.717) is 44.2 Å². The van der Waals surface area contributed by atoms with Crippen molar-refractivity contribution in [2.45, 2.75) is 72.5 Å². The number of nitrogens with zero attached hydrogens (tertiary/aromatic N) is 3. The van der Waals surface area contributed by atoms with E-state index in [1.54, 1.807) is 46.2 Å². The average molecular weight is 1080 g/mol. The molecule has 0 unspecified atom stereocenters. The highest BCUT2D eigenvalue weighted by atomic mass is 32.2. The molecule has 5 aromatic rings. The van der Waals surface area contributed by atoms with Gasteiger partial charge in [-0.3, -0.25) is 9.59 Å². The highest BCUT2D eigenvalue weighted by molar-refractivity contribution is 7.86. The van der Waals surface area contributed by atoms with E-state index in [0.717, 1.165) is 11.1 Å². The van der Waals surface area contributed by atoms with Crippen molar-refractivity contribution in [3.8, 4) is 23.3 Å². The van der Waals surface area contributed by atoms with Gasteiger partial charge in [-0.05, 0) is 105 Å². The molecule has 0 spiro atoms. The number of carboxylic acids is 1. The maximum atomic E-state index is 13.9. The number of para-hydroxylation sites is 1. The van der Waals surface area contributed by atoms with Crippen LogP contribution < -0.4 is 39.9 Å². The predicted molar refractivity (Wildman–Crippen MR) is 296 cm³/mol. The molecule has 0 aromatic heterocycles. The van der Waals surface area contributed by atoms with E-state index >= 15 is 0 Å². The van der Waals surface area contributed by atoms with Crippen LogP contribution in [0.5, 0.6) is 11.5 Å². The topological polar surface area (TPSA) is 221 Å². The first-order chi connectivity index (χ1) is 36.2. The van der Waals surface area contributed by atoms with Crippen LogP contribution in [0.4, 0.5) is 11.4 Å². The average Bonchev–Trinajstić information content (AvgIpc) is 3.38. The Kier molecular flexibility index (Phi) is 15.6. The maximum absolute atomic E-state index is 13.9. The van der Waals surface area contributed by atoms with Gasteiger partial charge in [-0.1, -0.05) is 54.3 Å². The third-order valence-corrected chi connectivity index (χ3v) is 16.2. The quantitative estimate of drug-likeness (QED) is 0.0812. The minimum atomic E-state index is -4.79. The maximum Gasteiger partial charge on any atom is 0.336 e. The molecule has 0 bridgehead atoms. The second-order valence-electron chi connectivity index (χ2n) is 20.7. The van der Waals surface area contributed by atoms with Gasteiger partial charge in [-0.15, -0.1) is 0 Å². The fraction of sp³-hybridized carbons (Fsp3) is 0.322. The number of amides is 2. The summed E-state index contributed by atoms with van der Waals surface area (Å²) >= 11 is 0. The van der Waals surface area contributed by atoms with Gasteiger partial charge in [0, 0.05) is 84.2 Å². The second-order valence-corrected chi connectivity index (χ2v) is 23.5. The zero-order valence-electron chi connectivity index (χ0n) is 44.7. The Morgan fingerprint density at radius 1 is 0.753 bits per heavy atom. The summed E-state index contributed by atoms with van der Waals surface area (Å²) in [5.41, 5.74) is 3.55. The molecule has 9 rings (SSSR count). The summed E-state index contributed by atoms with van der Waals surface area (Å²) in [5.74, 6) is 2.88. The molecular formula is C59H63N5O11S2. The molecule has 2 amide bonds. The monoisotopic (exact) mass is 1080 g/mol. The SMILES string of the molecule is CC[NH+](CC)CC.CN1c2cc3c(cc2C(CS(=O)(=O)[O-])=CC1(C)C)C(c1ccc(C(=O)NCCC(=O)N2Cc4ccccc4C#Cc4ccccc42)cc1C(=O)O)=c1cc2c(cc1O3)=[N+](C)C(C)(C)C=C2CS(=O)(=O)[O-]. The fourth-order valence-corrected chi connectivity index (χ4v) is 11.6. The lowest BCUT2D eigenvalue weighted by molar-refractivity contribution is -0.894. The number of benzene rings is 5. The van der Waals surface area contributed by atoms with Crippen LogP contribution in [0.3, 0.4) is 0 Å². The van der Waals surface area contributed by atoms with E-state index < -0.39 is 54.7 Å². The molecular weight excluding hydrogens is 1020 g/mol. The highest BCUT2D eigenvalue weighted by Gasteiger charge is 2.37. The number of hydrogen-bond donors (Lipinski definition) is 3. The van der Waals surface area contributed by atoms with Crippen LogP contribution in [-0.4, -0.2) is 112 Å². The summed E-state index contributed by atoms with van der Waals surface area (Å²) in [6.07, 6.45) is 3.29. The number of hydrogen-bond acceptors (Lipinski definition) is 11. The largest absolute Gasteiger partial charge is 0.748 e. The summed E-state index contributed by atoms with van der Waals surface area (Å²) in [6.45, 7) is 18.1. The van der Waals surface area contributed by atoms with E-state index in [-0.39, 0.29) is 70.3 Å². The number of fused-ring (bicyclic) bond motifs is 6. The van der Waals surface area contributed by atoms with Gasteiger partial charge in [0.25, 0.3) is 5.91 Å². The third kappa shape index (κ3) is 11.8. The molecule has 4 aliphatic rings. The Morgan fingerprint density at radius 3 is 2.01 bits per heavy atom. The smallest absolute Gasteiger partial charge is 0.336 e. The summed E-state index contributed by atoms with van der Waals surface area (Å²) in [7, 11) is -5.97. The first kappa shape index (κ1) is 55.8. The van der Waals surface area contributed by atoms with Crippen LogP contribution >= 0.6 is 0 Å². The number of likely N-dealkylation sites (N-methyl/N-ethyl adjacent to an activating group) is 2. The Morgan fingerprint density at radius 2 is 1.38 bits per heavy atom. The van der Waals surface area contributed by atoms with Crippen molar-refractivity contribution < 1.29 is 55.1 Å². The standard InChI is InChI=1S/C53H48N4O11S2.C6H15N/c1-52(2)26-35(29-69(62,63)64)38-22-41-46(24-44(38)55(52)5)68-47-25-45-39(36(30-70(65,66)67)27-53(3,4)56(45)6)23-42(47)49(41)37-18-17-33(21-40(37)51(60)61)50(59)54-20-19-48(58)57-28-34-13-8-7-11-31(34)15-16-32-12-9-10-14-43(32)57;1-4-7(5-2)6-3/h7-14,17-18,21-27H,19-20,28-30H2,1-6H3,(H3-,54,59,60,61,62,63,64,65,66,67);4-6H2,1-3H3. The second kappa shape index (κ2) is 21.6. The number of carbonyl (C=O) groups excluding carboxylic acids is 2. The van der Waals surface area contributed by atoms with Crippen molar-refractivity contribution in [2.75, 3.05) is 61.6 Å². The number of carbonyl (C=O) groups is 3. The summed E-state index contributed by atoms with van der Waals surface area (Å²) in [6, 6.07) is 25.7. The molecule has 0 fully saturated rings. The number of aromatic carboxylic acids is 1. The van der Waals surface area contributed by atoms with Gasteiger partial charge in [-0.2, -0.15) is 0 Å². The molecule has 0 aliphatic carbocycles. The molecule has 5 aromatic carbocycles. The van der Waals surface area contributed by atoms with Crippen molar-refractivity contribution in [1.82, 2.24) is 9.89 Å². The normalized spacial score (nSPS) is 15.6. The van der Waals surface area contributed by atoms with Gasteiger partial charge in [0.1, 0.15) is 18.5 Å². The minimum absolute atomic E-state index is 0.0251. The van der Waals surface area contributed by atoms with Crippen LogP contribution in [0, 0.1) is 11.8 Å². The molecule has 0 saturated heterocycles. The molecule has 3 N–H and O–H groups in total. The number of rotatable bonds is 13. The Hall–Kier alpha value is -7.40. The zero-order chi connectivity index (χ0) is 55.9. The first-order valence-electron chi connectivity index (χ1n) is 25.4. The van der Waals surface area contributed by atoms with Gasteiger partial charge in [-0.25, -0.2) is 26.2 Å². The van der Waals surface area contributed by atoms with Crippen molar-refractivity contribution in [1.29, 1.82) is 0 Å². The summed E-state index contributed by atoms with van der Waals surface area (Å²) in [4.78, 5) is 46.4. The minimum Gasteiger partial charge on any atom is -0.748 e. The van der Waals surface area contributed by atoms with Gasteiger partial charge in [0.15, 0.2) is 5.54 Å². The van der Waals surface area contributed by atoms with Gasteiger partial charge in [0.05, 0.1) is 86.3 Å². The fourth-order valence-electron chi connectivity index (χ4n) is 10.3. The molecule has 16 nitrogen and oxygen atoms in total. The Balaban J connectivity index is 0.00000105. The first-order valence-corrected chi connectivity index (χ1v) is 28.6. The van der Waals surface area contributed by atoms with E-state index in [4.69, 9.17) is 4.74 Å². The molecule has 0 atom stereocenters. The van der Waals surface area contributed by atoms with E-state index in [1.165, 1.54) is 37.8 Å². The molecule has 77 heavy (non-hydrogen) atoms. The molecule has 4 heterocycles. The Labute approximate surface area is 450 Å².